The molecule has 30 heavy (non-hydrogen) atoms. The summed E-state index contributed by atoms with van der Waals surface area (Å²) >= 11 is 6.18. The molecule has 0 unspecified atom stereocenters. The van der Waals surface area contributed by atoms with Crippen molar-refractivity contribution in [2.45, 2.75) is 57.9 Å². The van der Waals surface area contributed by atoms with Gasteiger partial charge in [0.05, 0.1) is 10.7 Å². The van der Waals surface area contributed by atoms with Crippen molar-refractivity contribution in [3.05, 3.63) is 73.7 Å². The molecule has 2 aromatic carbocycles. The molecule has 0 saturated carbocycles. The van der Waals surface area contributed by atoms with Gasteiger partial charge in [-0.15, -0.1) is 0 Å². The Hall–Kier alpha value is -2.73. The monoisotopic (exact) mass is 422 g/mol. The lowest BCUT2D eigenvalue weighted by Gasteiger charge is -2.27. The van der Waals surface area contributed by atoms with Gasteiger partial charge in [0.15, 0.2) is 5.78 Å². The fourth-order valence-electron chi connectivity index (χ4n) is 4.85. The van der Waals surface area contributed by atoms with Crippen LogP contribution in [0.1, 0.15) is 58.3 Å². The molecule has 2 aliphatic rings. The highest BCUT2D eigenvalue weighted by Crippen LogP contribution is 2.34. The van der Waals surface area contributed by atoms with Crippen LogP contribution in [-0.4, -0.2) is 25.6 Å². The number of rotatable bonds is 4. The predicted molar refractivity (Wildman–Crippen MR) is 115 cm³/mol. The summed E-state index contributed by atoms with van der Waals surface area (Å²) in [4.78, 5) is 26.1. The summed E-state index contributed by atoms with van der Waals surface area (Å²) in [5, 5.41) is 8.27. The lowest BCUT2D eigenvalue weighted by Crippen LogP contribution is -2.28. The third-order valence-electron chi connectivity index (χ3n) is 6.30. The summed E-state index contributed by atoms with van der Waals surface area (Å²) < 4.78 is 2.26. The Balaban J connectivity index is 1.50. The molecule has 6 nitrogen and oxygen atoms in total. The maximum atomic E-state index is 13.3. The van der Waals surface area contributed by atoms with Gasteiger partial charge in [0.1, 0.15) is 6.54 Å². The highest BCUT2D eigenvalue weighted by molar-refractivity contribution is 6.32. The smallest absolute Gasteiger partial charge is 0.292 e. The first-order chi connectivity index (χ1) is 14.6. The van der Waals surface area contributed by atoms with Crippen LogP contribution in [0.15, 0.2) is 35.1 Å². The normalized spacial score (nSPS) is 15.5. The predicted octanol–water partition coefficient (Wildman–Crippen LogP) is 3.72. The number of fused-ring (bicyclic) bond motifs is 3. The highest BCUT2D eigenvalue weighted by atomic mass is 35.5. The SMILES string of the molecule is O=C(Cn1nnn(-c2ccccc2Cl)c1=O)c1cc2c(c3c1CCCC3)CCCC2. The minimum Gasteiger partial charge on any atom is -0.292 e. The van der Waals surface area contributed by atoms with Gasteiger partial charge in [0.2, 0.25) is 0 Å². The van der Waals surface area contributed by atoms with Crippen molar-refractivity contribution in [1.29, 1.82) is 0 Å². The average Bonchev–Trinajstić information content (AvgIpc) is 3.13. The Morgan fingerprint density at radius 3 is 2.43 bits per heavy atom. The molecular weight excluding hydrogens is 400 g/mol. The summed E-state index contributed by atoms with van der Waals surface area (Å²) in [5.74, 6) is -0.0742. The lowest BCUT2D eigenvalue weighted by molar-refractivity contribution is 0.0964. The first-order valence-corrected chi connectivity index (χ1v) is 11.0. The molecular formula is C23H23ClN4O2. The first-order valence-electron chi connectivity index (χ1n) is 10.6. The van der Waals surface area contributed by atoms with E-state index in [4.69, 9.17) is 11.6 Å². The number of carbonyl (C=O) groups is 1. The molecule has 5 rings (SSSR count). The second kappa shape index (κ2) is 7.84. The Bertz CT molecular complexity index is 1190. The van der Waals surface area contributed by atoms with Crippen LogP contribution in [0.2, 0.25) is 5.02 Å². The molecule has 0 atom stereocenters. The number of aryl methyl sites for hydroxylation is 1. The maximum absolute atomic E-state index is 13.3. The zero-order valence-electron chi connectivity index (χ0n) is 16.7. The van der Waals surface area contributed by atoms with Crippen molar-refractivity contribution in [2.24, 2.45) is 0 Å². The van der Waals surface area contributed by atoms with E-state index >= 15 is 0 Å². The molecule has 0 fully saturated rings. The van der Waals surface area contributed by atoms with Gasteiger partial charge >= 0.3 is 5.69 Å². The number of carbonyl (C=O) groups excluding carboxylic acids is 1. The minimum atomic E-state index is -0.469. The van der Waals surface area contributed by atoms with Crippen LogP contribution in [0.25, 0.3) is 5.69 Å². The average molecular weight is 423 g/mol. The molecule has 2 aliphatic carbocycles. The summed E-state index contributed by atoms with van der Waals surface area (Å²) in [6, 6.07) is 9.03. The van der Waals surface area contributed by atoms with Crippen molar-refractivity contribution in [3.63, 3.8) is 0 Å². The first kappa shape index (κ1) is 19.2. The van der Waals surface area contributed by atoms with E-state index in [-0.39, 0.29) is 12.3 Å². The second-order valence-electron chi connectivity index (χ2n) is 8.14. The number of nitrogens with zero attached hydrogens (tertiary/aromatic N) is 4. The van der Waals surface area contributed by atoms with Crippen LogP contribution < -0.4 is 5.69 Å². The van der Waals surface area contributed by atoms with Gasteiger partial charge in [-0.05, 0) is 102 Å². The van der Waals surface area contributed by atoms with Crippen LogP contribution in [-0.2, 0) is 32.2 Å². The second-order valence-corrected chi connectivity index (χ2v) is 8.55. The van der Waals surface area contributed by atoms with Crippen molar-refractivity contribution in [2.75, 3.05) is 0 Å². The zero-order valence-corrected chi connectivity index (χ0v) is 17.5. The number of ketones is 1. The summed E-state index contributed by atoms with van der Waals surface area (Å²) in [6.45, 7) is -0.117. The number of aromatic nitrogens is 4. The van der Waals surface area contributed by atoms with Gasteiger partial charge in [0.25, 0.3) is 0 Å². The van der Waals surface area contributed by atoms with Gasteiger partial charge in [-0.1, -0.05) is 23.7 Å². The van der Waals surface area contributed by atoms with E-state index in [0.29, 0.717) is 10.7 Å². The molecule has 154 valence electrons. The third kappa shape index (κ3) is 3.29. The van der Waals surface area contributed by atoms with Crippen molar-refractivity contribution in [1.82, 2.24) is 19.8 Å². The number of Topliss-reactive ketones (excluding diaryl/α,β-unsaturated/α-hetero) is 1. The van der Waals surface area contributed by atoms with Crippen molar-refractivity contribution in [3.8, 4) is 5.69 Å². The van der Waals surface area contributed by atoms with E-state index < -0.39 is 5.69 Å². The molecule has 0 amide bonds. The Kier molecular flexibility index (Phi) is 5.03. The number of halogens is 1. The Labute approximate surface area is 179 Å². The van der Waals surface area contributed by atoms with Gasteiger partial charge in [0, 0.05) is 5.56 Å². The van der Waals surface area contributed by atoms with Gasteiger partial charge in [-0.25, -0.2) is 4.79 Å². The number of hydrogen-bond acceptors (Lipinski definition) is 4. The summed E-state index contributed by atoms with van der Waals surface area (Å²) in [7, 11) is 0. The Morgan fingerprint density at radius 1 is 0.933 bits per heavy atom. The van der Waals surface area contributed by atoms with Gasteiger partial charge in [-0.3, -0.25) is 4.79 Å². The number of para-hydroxylation sites is 1. The zero-order chi connectivity index (χ0) is 20.7. The van der Waals surface area contributed by atoms with E-state index in [0.717, 1.165) is 47.0 Å². The fraction of sp³-hybridized carbons (Fsp3) is 0.391. The Morgan fingerprint density at radius 2 is 1.63 bits per heavy atom. The van der Waals surface area contributed by atoms with Crippen LogP contribution in [0.5, 0.6) is 0 Å². The molecule has 0 spiro atoms. The number of benzene rings is 2. The molecule has 0 aliphatic heterocycles. The molecule has 1 aromatic heterocycles. The topological polar surface area (TPSA) is 69.8 Å². The van der Waals surface area contributed by atoms with E-state index in [1.54, 1.807) is 24.3 Å². The molecule has 0 bridgehead atoms. The van der Waals surface area contributed by atoms with E-state index in [9.17, 15) is 9.59 Å². The third-order valence-corrected chi connectivity index (χ3v) is 6.62. The highest BCUT2D eigenvalue weighted by Gasteiger charge is 2.25. The van der Waals surface area contributed by atoms with E-state index in [1.807, 2.05) is 0 Å². The van der Waals surface area contributed by atoms with E-state index in [1.165, 1.54) is 41.5 Å². The van der Waals surface area contributed by atoms with Gasteiger partial charge in [-0.2, -0.15) is 9.36 Å². The number of hydrogen-bond donors (Lipinski definition) is 0. The van der Waals surface area contributed by atoms with Crippen LogP contribution in [0.3, 0.4) is 0 Å². The summed E-state index contributed by atoms with van der Waals surface area (Å²) in [5.41, 5.74) is 6.14. The lowest BCUT2D eigenvalue weighted by atomic mass is 9.77. The number of tetrazole rings is 1. The maximum Gasteiger partial charge on any atom is 0.368 e. The van der Waals surface area contributed by atoms with Crippen molar-refractivity contribution < 1.29 is 4.79 Å². The molecule has 0 saturated heterocycles. The van der Waals surface area contributed by atoms with E-state index in [2.05, 4.69) is 16.5 Å². The molecule has 7 heteroatoms. The molecule has 3 aromatic rings. The molecule has 0 N–H and O–H groups in total. The molecule has 0 radical (unpaired) electrons. The quantitative estimate of drug-likeness (QED) is 0.601. The standard InChI is InChI=1S/C23H23ClN4O2/c24-20-11-5-6-12-21(20)28-23(30)27(25-26-28)14-22(29)19-13-15-7-1-2-8-16(15)17-9-3-4-10-18(17)19/h5-6,11-13H,1-4,7-10,14H2. The van der Waals surface area contributed by atoms with Crippen LogP contribution >= 0.6 is 11.6 Å². The molecule has 1 heterocycles. The van der Waals surface area contributed by atoms with Crippen molar-refractivity contribution >= 4 is 17.4 Å². The summed E-state index contributed by atoms with van der Waals surface area (Å²) in [6.07, 6.45) is 8.84. The van der Waals surface area contributed by atoms with Crippen LogP contribution in [0.4, 0.5) is 0 Å². The van der Waals surface area contributed by atoms with Crippen LogP contribution in [0, 0.1) is 0 Å². The van der Waals surface area contributed by atoms with Gasteiger partial charge < -0.3 is 0 Å². The largest absolute Gasteiger partial charge is 0.368 e. The minimum absolute atomic E-state index is 0.0742. The fourth-order valence-corrected chi connectivity index (χ4v) is 5.06.